The first kappa shape index (κ1) is 19.0. The van der Waals surface area contributed by atoms with Crippen molar-refractivity contribution < 1.29 is 9.59 Å². The highest BCUT2D eigenvalue weighted by Crippen LogP contribution is 2.19. The van der Waals surface area contributed by atoms with Gasteiger partial charge < -0.3 is 22.1 Å². The Hall–Kier alpha value is -4.32. The minimum Gasteiger partial charge on any atom is -0.369 e. The standard InChI is InChI=1S/C18H18N10O2/c19-4-6-22-14-3-7-27-17(25-14)12(9-23-27)18(30)24-13-10-28(26-15(13)16(20)29)11-2-1-5-21-8-11/h1-3,5,7-10H,4,6,19H2,(H2,20,29)(H,22,25)(H,24,30). The maximum absolute atomic E-state index is 12.9. The Kier molecular flexibility index (Phi) is 5.05. The normalized spacial score (nSPS) is 10.8. The lowest BCUT2D eigenvalue weighted by Crippen LogP contribution is -2.18. The molecule has 0 fully saturated rings. The van der Waals surface area contributed by atoms with Crippen LogP contribution in [0.1, 0.15) is 20.8 Å². The number of hydrogen-bond acceptors (Lipinski definition) is 8. The third-order valence-corrected chi connectivity index (χ3v) is 4.17. The van der Waals surface area contributed by atoms with Gasteiger partial charge in [0.05, 0.1) is 30.0 Å². The zero-order valence-electron chi connectivity index (χ0n) is 15.7. The third-order valence-electron chi connectivity index (χ3n) is 4.17. The predicted molar refractivity (Wildman–Crippen MR) is 108 cm³/mol. The van der Waals surface area contributed by atoms with Crippen LogP contribution in [0.5, 0.6) is 0 Å². The zero-order chi connectivity index (χ0) is 21.1. The second kappa shape index (κ2) is 7.97. The van der Waals surface area contributed by atoms with E-state index in [1.54, 1.807) is 36.8 Å². The van der Waals surface area contributed by atoms with Crippen molar-refractivity contribution in [2.24, 2.45) is 11.5 Å². The Labute approximate surface area is 169 Å². The van der Waals surface area contributed by atoms with Crippen molar-refractivity contribution in [1.29, 1.82) is 0 Å². The molecule has 0 unspecified atom stereocenters. The first-order valence-corrected chi connectivity index (χ1v) is 8.96. The fraction of sp³-hybridized carbons (Fsp3) is 0.111. The number of aromatic nitrogens is 6. The molecule has 0 aromatic carbocycles. The molecule has 12 heteroatoms. The van der Waals surface area contributed by atoms with Crippen LogP contribution in [0.25, 0.3) is 11.3 Å². The lowest BCUT2D eigenvalue weighted by molar-refractivity contribution is 0.0996. The number of anilines is 2. The Morgan fingerprint density at radius 3 is 2.80 bits per heavy atom. The number of amides is 2. The van der Waals surface area contributed by atoms with Crippen molar-refractivity contribution in [3.8, 4) is 5.69 Å². The van der Waals surface area contributed by atoms with Crippen LogP contribution in [0.2, 0.25) is 0 Å². The van der Waals surface area contributed by atoms with Crippen molar-refractivity contribution in [3.63, 3.8) is 0 Å². The molecule has 4 aromatic heterocycles. The number of hydrogen-bond donors (Lipinski definition) is 4. The van der Waals surface area contributed by atoms with Gasteiger partial charge in [0, 0.05) is 25.5 Å². The largest absolute Gasteiger partial charge is 0.369 e. The summed E-state index contributed by atoms with van der Waals surface area (Å²) in [5.41, 5.74) is 12.2. The van der Waals surface area contributed by atoms with Crippen molar-refractivity contribution in [2.75, 3.05) is 23.7 Å². The van der Waals surface area contributed by atoms with E-state index in [0.29, 0.717) is 30.2 Å². The van der Waals surface area contributed by atoms with Crippen LogP contribution in [0.4, 0.5) is 11.5 Å². The summed E-state index contributed by atoms with van der Waals surface area (Å²) in [6.07, 6.45) is 7.73. The molecule has 0 spiro atoms. The van der Waals surface area contributed by atoms with E-state index in [1.807, 2.05) is 0 Å². The van der Waals surface area contributed by atoms with Crippen LogP contribution in [0.3, 0.4) is 0 Å². The molecule has 6 N–H and O–H groups in total. The maximum Gasteiger partial charge on any atom is 0.271 e. The Balaban J connectivity index is 1.65. The molecular weight excluding hydrogens is 388 g/mol. The Morgan fingerprint density at radius 2 is 2.07 bits per heavy atom. The highest BCUT2D eigenvalue weighted by atomic mass is 16.2. The maximum atomic E-state index is 12.9. The van der Waals surface area contributed by atoms with E-state index >= 15 is 0 Å². The first-order valence-electron chi connectivity index (χ1n) is 8.96. The molecule has 4 heterocycles. The van der Waals surface area contributed by atoms with Crippen LogP contribution in [0, 0.1) is 0 Å². The summed E-state index contributed by atoms with van der Waals surface area (Å²) >= 11 is 0. The van der Waals surface area contributed by atoms with E-state index in [0.717, 1.165) is 0 Å². The fourth-order valence-electron chi connectivity index (χ4n) is 2.79. The first-order chi connectivity index (χ1) is 14.6. The van der Waals surface area contributed by atoms with E-state index in [1.165, 1.54) is 21.6 Å². The van der Waals surface area contributed by atoms with E-state index in [2.05, 4.69) is 30.8 Å². The molecule has 0 aliphatic heterocycles. The van der Waals surface area contributed by atoms with Gasteiger partial charge in [-0.15, -0.1) is 0 Å². The highest BCUT2D eigenvalue weighted by Gasteiger charge is 2.20. The molecular formula is C18H18N10O2. The zero-order valence-corrected chi connectivity index (χ0v) is 15.7. The van der Waals surface area contributed by atoms with Crippen LogP contribution >= 0.6 is 0 Å². The number of fused-ring (bicyclic) bond motifs is 1. The third kappa shape index (κ3) is 3.66. The Morgan fingerprint density at radius 1 is 1.20 bits per heavy atom. The smallest absolute Gasteiger partial charge is 0.271 e. The number of carbonyl (C=O) groups excluding carboxylic acids is 2. The van der Waals surface area contributed by atoms with E-state index in [4.69, 9.17) is 11.5 Å². The number of nitrogens with two attached hydrogens (primary N) is 2. The molecule has 30 heavy (non-hydrogen) atoms. The van der Waals surface area contributed by atoms with E-state index in [-0.39, 0.29) is 16.9 Å². The van der Waals surface area contributed by atoms with Crippen molar-refractivity contribution >= 4 is 29.0 Å². The second-order valence-corrected chi connectivity index (χ2v) is 6.22. The minimum absolute atomic E-state index is 0.0815. The fourth-order valence-corrected chi connectivity index (χ4v) is 2.79. The molecule has 0 saturated heterocycles. The van der Waals surface area contributed by atoms with Gasteiger partial charge in [0.1, 0.15) is 11.4 Å². The highest BCUT2D eigenvalue weighted by molar-refractivity contribution is 6.10. The van der Waals surface area contributed by atoms with Crippen molar-refractivity contribution in [2.45, 2.75) is 0 Å². The number of carbonyl (C=O) groups is 2. The van der Waals surface area contributed by atoms with Crippen LogP contribution < -0.4 is 22.1 Å². The topological polar surface area (TPSA) is 171 Å². The van der Waals surface area contributed by atoms with Crippen molar-refractivity contribution in [3.05, 3.63) is 60.4 Å². The number of nitrogens with one attached hydrogen (secondary N) is 2. The Bertz CT molecular complexity index is 1210. The van der Waals surface area contributed by atoms with Crippen LogP contribution in [0.15, 0.2) is 49.2 Å². The summed E-state index contributed by atoms with van der Waals surface area (Å²) in [5, 5.41) is 14.0. The van der Waals surface area contributed by atoms with Gasteiger partial charge >= 0.3 is 0 Å². The van der Waals surface area contributed by atoms with Gasteiger partial charge in [-0.3, -0.25) is 14.6 Å². The molecule has 0 radical (unpaired) electrons. The molecule has 2 amide bonds. The van der Waals surface area contributed by atoms with Crippen LogP contribution in [-0.4, -0.2) is 54.3 Å². The van der Waals surface area contributed by atoms with Gasteiger partial charge in [0.25, 0.3) is 11.8 Å². The van der Waals surface area contributed by atoms with Crippen LogP contribution in [-0.2, 0) is 0 Å². The molecule has 12 nitrogen and oxygen atoms in total. The molecule has 0 saturated carbocycles. The number of primary amides is 1. The molecule has 4 aromatic rings. The molecule has 0 aliphatic carbocycles. The average molecular weight is 406 g/mol. The second-order valence-electron chi connectivity index (χ2n) is 6.22. The summed E-state index contributed by atoms with van der Waals surface area (Å²) in [4.78, 5) is 33.1. The number of rotatable bonds is 7. The SMILES string of the molecule is NCCNc1ccn2ncc(C(=O)Nc3cn(-c4cccnc4)nc3C(N)=O)c2n1. The summed E-state index contributed by atoms with van der Waals surface area (Å²) in [5.74, 6) is -0.731. The van der Waals surface area contributed by atoms with E-state index < -0.39 is 11.8 Å². The molecule has 0 aliphatic rings. The summed E-state index contributed by atoms with van der Waals surface area (Å²) in [6.45, 7) is 0.977. The summed E-state index contributed by atoms with van der Waals surface area (Å²) in [6, 6.07) is 5.20. The molecule has 0 atom stereocenters. The minimum atomic E-state index is -0.779. The van der Waals surface area contributed by atoms with Crippen molar-refractivity contribution in [1.82, 2.24) is 29.4 Å². The number of nitrogens with zero attached hydrogens (tertiary/aromatic N) is 6. The molecule has 0 bridgehead atoms. The van der Waals surface area contributed by atoms with Gasteiger partial charge in [-0.25, -0.2) is 14.2 Å². The average Bonchev–Trinajstić information content (AvgIpc) is 3.37. The summed E-state index contributed by atoms with van der Waals surface area (Å²) in [7, 11) is 0. The van der Waals surface area contributed by atoms with Gasteiger partial charge in [0.15, 0.2) is 11.3 Å². The molecule has 4 rings (SSSR count). The predicted octanol–water partition coefficient (Wildman–Crippen LogP) is 0.0318. The van der Waals surface area contributed by atoms with Gasteiger partial charge in [0.2, 0.25) is 0 Å². The van der Waals surface area contributed by atoms with E-state index in [9.17, 15) is 9.59 Å². The van der Waals surface area contributed by atoms with Gasteiger partial charge in [-0.2, -0.15) is 10.2 Å². The lowest BCUT2D eigenvalue weighted by Gasteiger charge is -2.05. The van der Waals surface area contributed by atoms with Gasteiger partial charge in [-0.05, 0) is 18.2 Å². The quantitative estimate of drug-likeness (QED) is 0.333. The summed E-state index contributed by atoms with van der Waals surface area (Å²) < 4.78 is 2.88. The number of pyridine rings is 1. The van der Waals surface area contributed by atoms with Gasteiger partial charge in [-0.1, -0.05) is 0 Å². The lowest BCUT2D eigenvalue weighted by atomic mass is 10.3. The molecule has 152 valence electrons. The monoisotopic (exact) mass is 406 g/mol.